The van der Waals surface area contributed by atoms with Crippen LogP contribution in [0.15, 0.2) is 78.2 Å². The summed E-state index contributed by atoms with van der Waals surface area (Å²) in [7, 11) is 0. The third kappa shape index (κ3) is 5.21. The first-order valence-electron chi connectivity index (χ1n) is 10.3. The van der Waals surface area contributed by atoms with Gasteiger partial charge in [0.05, 0.1) is 21.5 Å². The Balaban J connectivity index is 1.67. The number of amides is 1. The third-order valence-corrected chi connectivity index (χ3v) is 6.51. The molecule has 0 N–H and O–H groups in total. The van der Waals surface area contributed by atoms with Gasteiger partial charge in [-0.05, 0) is 56.3 Å². The van der Waals surface area contributed by atoms with Crippen molar-refractivity contribution in [3.63, 3.8) is 0 Å². The molecular formula is C24H21Cl2N5OS. The summed E-state index contributed by atoms with van der Waals surface area (Å²) in [6.07, 6.45) is 3.41. The molecule has 0 unspecified atom stereocenters. The Morgan fingerprint density at radius 1 is 1.03 bits per heavy atom. The van der Waals surface area contributed by atoms with E-state index in [1.54, 1.807) is 29.4 Å². The number of aromatic nitrogens is 4. The molecule has 9 heteroatoms. The molecule has 0 aliphatic heterocycles. The number of pyridine rings is 1. The van der Waals surface area contributed by atoms with Crippen LogP contribution in [0.25, 0.3) is 17.1 Å². The number of hydrogen-bond acceptors (Lipinski definition) is 5. The molecule has 168 valence electrons. The second-order valence-electron chi connectivity index (χ2n) is 7.46. The van der Waals surface area contributed by atoms with Crippen molar-refractivity contribution in [1.82, 2.24) is 19.7 Å². The van der Waals surface area contributed by atoms with Gasteiger partial charge in [-0.15, -0.1) is 10.2 Å². The smallest absolute Gasteiger partial charge is 0.237 e. The van der Waals surface area contributed by atoms with E-state index in [-0.39, 0.29) is 17.7 Å². The van der Waals surface area contributed by atoms with Crippen LogP contribution in [0.1, 0.15) is 13.8 Å². The van der Waals surface area contributed by atoms with E-state index in [0.717, 1.165) is 16.9 Å². The topological polar surface area (TPSA) is 63.9 Å². The van der Waals surface area contributed by atoms with Gasteiger partial charge in [0.15, 0.2) is 11.0 Å². The second-order valence-corrected chi connectivity index (χ2v) is 9.22. The average Bonchev–Trinajstić information content (AvgIpc) is 3.24. The van der Waals surface area contributed by atoms with Crippen LogP contribution in [-0.4, -0.2) is 37.5 Å². The number of rotatable bonds is 7. The van der Waals surface area contributed by atoms with Crippen molar-refractivity contribution in [2.45, 2.75) is 25.0 Å². The van der Waals surface area contributed by atoms with Gasteiger partial charge in [0, 0.05) is 29.7 Å². The molecule has 0 spiro atoms. The third-order valence-electron chi connectivity index (χ3n) is 4.86. The van der Waals surface area contributed by atoms with E-state index >= 15 is 0 Å². The molecule has 2 aromatic carbocycles. The van der Waals surface area contributed by atoms with Crippen LogP contribution in [-0.2, 0) is 4.79 Å². The zero-order valence-corrected chi connectivity index (χ0v) is 20.3. The van der Waals surface area contributed by atoms with Crippen LogP contribution in [0.4, 0.5) is 5.69 Å². The molecular weight excluding hydrogens is 477 g/mol. The highest BCUT2D eigenvalue weighted by Gasteiger charge is 2.22. The van der Waals surface area contributed by atoms with Gasteiger partial charge in [-0.2, -0.15) is 0 Å². The number of nitrogens with zero attached hydrogens (tertiary/aromatic N) is 5. The van der Waals surface area contributed by atoms with Gasteiger partial charge < -0.3 is 4.90 Å². The van der Waals surface area contributed by atoms with Crippen LogP contribution < -0.4 is 4.90 Å². The Hall–Kier alpha value is -2.87. The molecule has 0 saturated carbocycles. The minimum absolute atomic E-state index is 0.0133. The molecule has 6 nitrogen and oxygen atoms in total. The normalized spacial score (nSPS) is 11.1. The van der Waals surface area contributed by atoms with E-state index in [4.69, 9.17) is 23.2 Å². The van der Waals surface area contributed by atoms with Crippen LogP contribution in [0, 0.1) is 0 Å². The fourth-order valence-corrected chi connectivity index (χ4v) is 4.52. The minimum Gasteiger partial charge on any atom is -0.309 e. The highest BCUT2D eigenvalue weighted by atomic mass is 35.5. The fourth-order valence-electron chi connectivity index (χ4n) is 3.42. The molecule has 0 atom stereocenters. The van der Waals surface area contributed by atoms with E-state index < -0.39 is 0 Å². The molecule has 0 aliphatic carbocycles. The second kappa shape index (κ2) is 10.4. The predicted molar refractivity (Wildman–Crippen MR) is 134 cm³/mol. The highest BCUT2D eigenvalue weighted by Crippen LogP contribution is 2.31. The zero-order valence-electron chi connectivity index (χ0n) is 18.0. The minimum atomic E-state index is -0.0205. The Kier molecular flexibility index (Phi) is 7.33. The number of para-hydroxylation sites is 1. The zero-order chi connectivity index (χ0) is 23.4. The molecule has 33 heavy (non-hydrogen) atoms. The summed E-state index contributed by atoms with van der Waals surface area (Å²) in [6.45, 7) is 3.99. The summed E-state index contributed by atoms with van der Waals surface area (Å²) in [6, 6.07) is 18.7. The first kappa shape index (κ1) is 23.3. The maximum atomic E-state index is 13.2. The van der Waals surface area contributed by atoms with E-state index in [0.29, 0.717) is 21.0 Å². The molecule has 0 radical (unpaired) electrons. The lowest BCUT2D eigenvalue weighted by atomic mass is 10.2. The van der Waals surface area contributed by atoms with Crippen LogP contribution in [0.5, 0.6) is 0 Å². The summed E-state index contributed by atoms with van der Waals surface area (Å²) >= 11 is 13.7. The van der Waals surface area contributed by atoms with Gasteiger partial charge in [-0.3, -0.25) is 14.3 Å². The Labute approximate surface area is 206 Å². The van der Waals surface area contributed by atoms with Gasteiger partial charge >= 0.3 is 0 Å². The number of anilines is 1. The van der Waals surface area contributed by atoms with Crippen molar-refractivity contribution in [1.29, 1.82) is 0 Å². The number of benzene rings is 2. The summed E-state index contributed by atoms with van der Waals surface area (Å²) in [4.78, 5) is 19.2. The molecule has 0 bridgehead atoms. The molecule has 4 rings (SSSR count). The summed E-state index contributed by atoms with van der Waals surface area (Å²) in [5, 5.41) is 10.2. The van der Waals surface area contributed by atoms with Crippen molar-refractivity contribution >= 4 is 46.6 Å². The SMILES string of the molecule is CC(C)N(C(=O)CSc1nnc(-c2cccnc2)n1-c1ccc(Cl)c(Cl)c1)c1ccccc1. The maximum Gasteiger partial charge on any atom is 0.237 e. The first-order valence-corrected chi connectivity index (χ1v) is 12.0. The lowest BCUT2D eigenvalue weighted by molar-refractivity contribution is -0.116. The maximum absolute atomic E-state index is 13.2. The molecule has 2 heterocycles. The predicted octanol–water partition coefficient (Wildman–Crippen LogP) is 6.17. The van der Waals surface area contributed by atoms with Gasteiger partial charge in [0.2, 0.25) is 5.91 Å². The van der Waals surface area contributed by atoms with Crippen LogP contribution in [0.2, 0.25) is 10.0 Å². The summed E-state index contributed by atoms with van der Waals surface area (Å²) in [5.74, 6) is 0.771. The fraction of sp³-hybridized carbons (Fsp3) is 0.167. The van der Waals surface area contributed by atoms with E-state index in [9.17, 15) is 4.79 Å². The van der Waals surface area contributed by atoms with Crippen molar-refractivity contribution in [3.8, 4) is 17.1 Å². The molecule has 0 fully saturated rings. The van der Waals surface area contributed by atoms with Gasteiger partial charge in [0.25, 0.3) is 0 Å². The lowest BCUT2D eigenvalue weighted by Crippen LogP contribution is -2.38. The number of carbonyl (C=O) groups is 1. The van der Waals surface area contributed by atoms with Gasteiger partial charge in [0.1, 0.15) is 0 Å². The summed E-state index contributed by atoms with van der Waals surface area (Å²) < 4.78 is 1.86. The van der Waals surface area contributed by atoms with E-state index in [1.165, 1.54) is 11.8 Å². The number of hydrogen-bond donors (Lipinski definition) is 0. The number of thioether (sulfide) groups is 1. The van der Waals surface area contributed by atoms with Crippen molar-refractivity contribution in [2.75, 3.05) is 10.7 Å². The Morgan fingerprint density at radius 2 is 1.82 bits per heavy atom. The Morgan fingerprint density at radius 3 is 2.48 bits per heavy atom. The van der Waals surface area contributed by atoms with E-state index in [2.05, 4.69) is 15.2 Å². The summed E-state index contributed by atoms with van der Waals surface area (Å²) in [5.41, 5.74) is 2.40. The van der Waals surface area contributed by atoms with Gasteiger partial charge in [-0.25, -0.2) is 0 Å². The number of halogens is 2. The van der Waals surface area contributed by atoms with Crippen molar-refractivity contribution in [2.24, 2.45) is 0 Å². The average molecular weight is 498 g/mol. The lowest BCUT2D eigenvalue weighted by Gasteiger charge is -2.26. The highest BCUT2D eigenvalue weighted by molar-refractivity contribution is 7.99. The molecule has 2 aromatic heterocycles. The quantitative estimate of drug-likeness (QED) is 0.285. The van der Waals surface area contributed by atoms with Crippen molar-refractivity contribution < 1.29 is 4.79 Å². The molecule has 0 saturated heterocycles. The molecule has 4 aromatic rings. The van der Waals surface area contributed by atoms with Crippen LogP contribution in [0.3, 0.4) is 0 Å². The van der Waals surface area contributed by atoms with Crippen molar-refractivity contribution in [3.05, 3.63) is 83.1 Å². The van der Waals surface area contributed by atoms with E-state index in [1.807, 2.05) is 66.9 Å². The first-order chi connectivity index (χ1) is 16.0. The monoisotopic (exact) mass is 497 g/mol. The van der Waals surface area contributed by atoms with Crippen LogP contribution >= 0.6 is 35.0 Å². The largest absolute Gasteiger partial charge is 0.309 e. The molecule has 1 amide bonds. The molecule has 0 aliphatic rings. The Bertz CT molecular complexity index is 1250. The van der Waals surface area contributed by atoms with Gasteiger partial charge in [-0.1, -0.05) is 53.2 Å². The standard InChI is InChI=1S/C24H21Cl2N5OS/c1-16(2)30(18-8-4-3-5-9-18)22(32)15-33-24-29-28-23(17-7-6-12-27-14-17)31(24)19-10-11-20(25)21(26)13-19/h3-14,16H,15H2,1-2H3. The number of carbonyl (C=O) groups excluding carboxylic acids is 1.